The lowest BCUT2D eigenvalue weighted by Gasteiger charge is -2.16. The van der Waals surface area contributed by atoms with Crippen LogP contribution in [0.4, 0.5) is 18.9 Å². The minimum Gasteiger partial charge on any atom is -0.486 e. The summed E-state index contributed by atoms with van der Waals surface area (Å²) in [4.78, 5) is 16.9. The van der Waals surface area contributed by atoms with Crippen LogP contribution < -0.4 is 10.1 Å². The number of ether oxygens (including phenoxy) is 1. The first-order valence-corrected chi connectivity index (χ1v) is 9.70. The molecule has 1 unspecified atom stereocenters. The largest absolute Gasteiger partial charge is 0.486 e. The Labute approximate surface area is 185 Å². The van der Waals surface area contributed by atoms with E-state index in [0.29, 0.717) is 12.6 Å². The maximum absolute atomic E-state index is 14.9. The van der Waals surface area contributed by atoms with E-state index in [1.54, 1.807) is 6.92 Å². The van der Waals surface area contributed by atoms with Crippen molar-refractivity contribution in [3.05, 3.63) is 40.2 Å². The zero-order valence-electron chi connectivity index (χ0n) is 17.5. The average Bonchev–Trinajstić information content (AvgIpc) is 3.23. The molecule has 0 saturated carbocycles. The van der Waals surface area contributed by atoms with Gasteiger partial charge in [0.2, 0.25) is 0 Å². The topological polar surface area (TPSA) is 118 Å². The fourth-order valence-electron chi connectivity index (χ4n) is 2.83. The van der Waals surface area contributed by atoms with Crippen LogP contribution in [0.15, 0.2) is 12.1 Å². The first-order chi connectivity index (χ1) is 14.9. The molecule has 1 aromatic carbocycles. The maximum atomic E-state index is 14.9. The summed E-state index contributed by atoms with van der Waals surface area (Å²) < 4.78 is 48.2. The van der Waals surface area contributed by atoms with Crippen LogP contribution in [0.3, 0.4) is 0 Å². The van der Waals surface area contributed by atoms with E-state index < -0.39 is 30.4 Å². The Hall–Kier alpha value is -3.12. The molecule has 3 aromatic rings. The van der Waals surface area contributed by atoms with Crippen LogP contribution in [-0.4, -0.2) is 48.5 Å². The molecule has 1 amide bonds. The Balaban J connectivity index is 2.05. The third kappa shape index (κ3) is 5.02. The van der Waals surface area contributed by atoms with Gasteiger partial charge in [-0.15, -0.1) is 0 Å². The lowest BCUT2D eigenvalue weighted by molar-refractivity contribution is -0.0231. The highest BCUT2D eigenvalue weighted by molar-refractivity contribution is 6.33. The van der Waals surface area contributed by atoms with Crippen molar-refractivity contribution in [3.63, 3.8) is 0 Å². The third-order valence-corrected chi connectivity index (χ3v) is 4.62. The van der Waals surface area contributed by atoms with Crippen LogP contribution in [0.1, 0.15) is 41.8 Å². The summed E-state index contributed by atoms with van der Waals surface area (Å²) in [6.45, 7) is 2.64. The summed E-state index contributed by atoms with van der Waals surface area (Å²) in [5.41, 5.74) is 0.0436. The summed E-state index contributed by atoms with van der Waals surface area (Å²) in [5.74, 6) is -5.24. The number of amides is 1. The lowest BCUT2D eigenvalue weighted by atomic mass is 10.1. The number of aryl methyl sites for hydroxylation is 2. The molecule has 2 heterocycles. The molecule has 9 nitrogen and oxygen atoms in total. The maximum Gasteiger partial charge on any atom is 0.278 e. The Kier molecular flexibility index (Phi) is 6.46. The molecule has 0 radical (unpaired) electrons. The van der Waals surface area contributed by atoms with Gasteiger partial charge in [0.1, 0.15) is 23.4 Å². The Bertz CT molecular complexity index is 1140. The smallest absolute Gasteiger partial charge is 0.278 e. The number of aromatic nitrogens is 5. The number of aliphatic hydroxyl groups is 1. The number of nitrogens with one attached hydrogen (secondary N) is 2. The predicted octanol–water partition coefficient (Wildman–Crippen LogP) is 3.65. The van der Waals surface area contributed by atoms with E-state index in [-0.39, 0.29) is 39.4 Å². The molecule has 0 aliphatic rings. The molecular formula is C19H20ClF3N6O3. The molecule has 32 heavy (non-hydrogen) atoms. The first-order valence-electron chi connectivity index (χ1n) is 9.32. The van der Waals surface area contributed by atoms with Crippen molar-refractivity contribution in [1.29, 1.82) is 0 Å². The quantitative estimate of drug-likeness (QED) is 0.483. The molecule has 13 heteroatoms. The fraction of sp³-hybridized carbons (Fsp3) is 0.368. The van der Waals surface area contributed by atoms with Crippen molar-refractivity contribution < 1.29 is 27.8 Å². The number of carbonyl (C=O) groups excluding carboxylic acids is 1. The Morgan fingerprint density at radius 1 is 1.44 bits per heavy atom. The number of hydrogen-bond donors (Lipinski definition) is 3. The molecule has 2 aromatic heterocycles. The van der Waals surface area contributed by atoms with Crippen LogP contribution in [0.5, 0.6) is 5.75 Å². The number of halogens is 4. The van der Waals surface area contributed by atoms with Gasteiger partial charge in [0, 0.05) is 14.0 Å². The SMILES string of the molecule is Cc1[nH]nc(Cl)c1NC(=O)c1cc(F)c(-c2nc(C(C)O)n(C)n2)cc1OCC(C)(F)F. The number of H-pyrrole nitrogens is 1. The van der Waals surface area contributed by atoms with Crippen LogP contribution in [-0.2, 0) is 7.05 Å². The number of anilines is 1. The number of rotatable bonds is 7. The minimum absolute atomic E-state index is 0.0289. The summed E-state index contributed by atoms with van der Waals surface area (Å²) in [5, 5.41) is 22.5. The van der Waals surface area contributed by atoms with Gasteiger partial charge >= 0.3 is 0 Å². The van der Waals surface area contributed by atoms with Crippen molar-refractivity contribution in [2.24, 2.45) is 7.05 Å². The summed E-state index contributed by atoms with van der Waals surface area (Å²) in [6.07, 6.45) is -0.980. The van der Waals surface area contributed by atoms with Crippen molar-refractivity contribution in [2.45, 2.75) is 32.8 Å². The van der Waals surface area contributed by atoms with Crippen molar-refractivity contribution >= 4 is 23.2 Å². The summed E-state index contributed by atoms with van der Waals surface area (Å²) in [6, 6.07) is 1.89. The van der Waals surface area contributed by atoms with Gasteiger partial charge in [0.25, 0.3) is 11.8 Å². The molecule has 1 atom stereocenters. The Morgan fingerprint density at radius 2 is 2.12 bits per heavy atom. The molecule has 3 rings (SSSR count). The van der Waals surface area contributed by atoms with Gasteiger partial charge in [-0.05, 0) is 26.0 Å². The van der Waals surface area contributed by atoms with Gasteiger partial charge in [-0.1, -0.05) is 11.6 Å². The Morgan fingerprint density at radius 3 is 2.66 bits per heavy atom. The fourth-order valence-corrected chi connectivity index (χ4v) is 3.06. The number of aliphatic hydroxyl groups excluding tert-OH is 1. The van der Waals surface area contributed by atoms with Gasteiger partial charge in [0.05, 0.1) is 16.8 Å². The molecule has 172 valence electrons. The van der Waals surface area contributed by atoms with Gasteiger partial charge in [0.15, 0.2) is 23.4 Å². The van der Waals surface area contributed by atoms with Crippen molar-refractivity contribution in [3.8, 4) is 17.1 Å². The molecule has 0 aliphatic heterocycles. The average molecular weight is 473 g/mol. The van der Waals surface area contributed by atoms with E-state index in [0.717, 1.165) is 12.1 Å². The van der Waals surface area contributed by atoms with Crippen LogP contribution in [0, 0.1) is 12.7 Å². The molecule has 0 saturated heterocycles. The zero-order chi connectivity index (χ0) is 23.8. The lowest BCUT2D eigenvalue weighted by Crippen LogP contribution is -2.23. The minimum atomic E-state index is -3.21. The molecule has 3 N–H and O–H groups in total. The first kappa shape index (κ1) is 23.5. The highest BCUT2D eigenvalue weighted by Gasteiger charge is 2.27. The number of aromatic amines is 1. The van der Waals surface area contributed by atoms with Crippen molar-refractivity contribution in [2.75, 3.05) is 11.9 Å². The van der Waals surface area contributed by atoms with Gasteiger partial charge in [-0.3, -0.25) is 14.6 Å². The van der Waals surface area contributed by atoms with Crippen molar-refractivity contribution in [1.82, 2.24) is 25.0 Å². The highest BCUT2D eigenvalue weighted by atomic mass is 35.5. The van der Waals surface area contributed by atoms with E-state index in [2.05, 4.69) is 25.6 Å². The normalized spacial score (nSPS) is 12.7. The molecular weight excluding hydrogens is 453 g/mol. The van der Waals surface area contributed by atoms with Crippen LogP contribution >= 0.6 is 11.6 Å². The van der Waals surface area contributed by atoms with E-state index >= 15 is 0 Å². The second kappa shape index (κ2) is 8.79. The highest BCUT2D eigenvalue weighted by Crippen LogP contribution is 2.32. The van der Waals surface area contributed by atoms with E-state index in [1.807, 2.05) is 0 Å². The monoisotopic (exact) mass is 472 g/mol. The number of nitrogens with zero attached hydrogens (tertiary/aromatic N) is 4. The van der Waals surface area contributed by atoms with Crippen LogP contribution in [0.25, 0.3) is 11.4 Å². The summed E-state index contributed by atoms with van der Waals surface area (Å²) >= 11 is 5.92. The van der Waals surface area contributed by atoms with Gasteiger partial charge < -0.3 is 15.2 Å². The summed E-state index contributed by atoms with van der Waals surface area (Å²) in [7, 11) is 1.50. The van der Waals surface area contributed by atoms with Gasteiger partial charge in [-0.2, -0.15) is 10.2 Å². The zero-order valence-corrected chi connectivity index (χ0v) is 18.3. The second-order valence-corrected chi connectivity index (χ2v) is 7.61. The van der Waals surface area contributed by atoms with Gasteiger partial charge in [-0.25, -0.2) is 18.2 Å². The van der Waals surface area contributed by atoms with E-state index in [1.165, 1.54) is 18.7 Å². The van der Waals surface area contributed by atoms with Crippen LogP contribution in [0.2, 0.25) is 5.15 Å². The molecule has 0 spiro atoms. The number of hydrogen-bond acceptors (Lipinski definition) is 6. The molecule has 0 fully saturated rings. The predicted molar refractivity (Wildman–Crippen MR) is 109 cm³/mol. The standard InChI is InChI=1S/C19H20ClF3N6O3/c1-8-14(15(20)27-26-8)24-18(31)11-5-12(21)10(6-13(11)32-7-19(3,22)23)16-25-17(9(2)30)29(4)28-16/h5-6,9,30H,7H2,1-4H3,(H,24,31)(H,26,27). The molecule has 0 bridgehead atoms. The number of benzene rings is 1. The number of alkyl halides is 2. The van der Waals surface area contributed by atoms with E-state index in [9.17, 15) is 23.1 Å². The third-order valence-electron chi connectivity index (χ3n) is 4.35. The number of carbonyl (C=O) groups is 1. The second-order valence-electron chi connectivity index (χ2n) is 7.25. The van der Waals surface area contributed by atoms with E-state index in [4.69, 9.17) is 16.3 Å². The molecule has 0 aliphatic carbocycles.